The first-order valence-corrected chi connectivity index (χ1v) is 19.1. The van der Waals surface area contributed by atoms with E-state index in [0.717, 1.165) is 41.3 Å². The second-order valence-electron chi connectivity index (χ2n) is 14.1. The number of aromatic carboxylic acids is 1. The lowest BCUT2D eigenvalue weighted by atomic mass is 9.73. The highest BCUT2D eigenvalue weighted by atomic mass is 35.5. The van der Waals surface area contributed by atoms with E-state index in [-0.39, 0.29) is 17.4 Å². The predicted molar refractivity (Wildman–Crippen MR) is 209 cm³/mol. The van der Waals surface area contributed by atoms with Crippen LogP contribution in [0.4, 0.5) is 11.4 Å². The van der Waals surface area contributed by atoms with Crippen LogP contribution in [0.25, 0.3) is 0 Å². The quantitative estimate of drug-likeness (QED) is 0.170. The van der Waals surface area contributed by atoms with Gasteiger partial charge in [0.2, 0.25) is 11.8 Å². The van der Waals surface area contributed by atoms with E-state index >= 15 is 0 Å². The molecule has 2 aromatic carbocycles. The van der Waals surface area contributed by atoms with Crippen LogP contribution in [-0.4, -0.2) is 81.9 Å². The van der Waals surface area contributed by atoms with Gasteiger partial charge in [0.15, 0.2) is 0 Å². The van der Waals surface area contributed by atoms with Crippen molar-refractivity contribution in [2.75, 3.05) is 43.9 Å². The van der Waals surface area contributed by atoms with Gasteiger partial charge in [0, 0.05) is 36.9 Å². The zero-order chi connectivity index (χ0) is 39.1. The minimum absolute atomic E-state index is 0.00758. The summed E-state index contributed by atoms with van der Waals surface area (Å²) < 4.78 is 4.82. The molecular formula is C39H36Cl4N6O6. The number of aromatic nitrogens is 2. The molecule has 2 fully saturated rings. The van der Waals surface area contributed by atoms with Crippen LogP contribution in [0.3, 0.4) is 0 Å². The Morgan fingerprint density at radius 1 is 0.709 bits per heavy atom. The molecule has 8 rings (SSSR count). The summed E-state index contributed by atoms with van der Waals surface area (Å²) in [6.45, 7) is 3.99. The molecule has 2 amide bonds. The maximum absolute atomic E-state index is 12.8. The van der Waals surface area contributed by atoms with Gasteiger partial charge in [-0.1, -0.05) is 46.4 Å². The van der Waals surface area contributed by atoms with Crippen LogP contribution < -0.4 is 10.6 Å². The molecule has 2 aromatic heterocycles. The number of anilines is 2. The fourth-order valence-electron chi connectivity index (χ4n) is 7.93. The number of hydrogen-bond donors (Lipinski definition) is 3. The lowest BCUT2D eigenvalue weighted by Gasteiger charge is -2.38. The number of carboxylic acids is 1. The Bertz CT molecular complexity index is 2200. The molecule has 0 bridgehead atoms. The number of benzene rings is 2. The maximum Gasteiger partial charge on any atom is 0.337 e. The van der Waals surface area contributed by atoms with Gasteiger partial charge in [-0.3, -0.25) is 29.4 Å². The standard InChI is InChI=1S/C20H19Cl2N3O3.C19H17Cl2N3O3/c1-28-18(26)12-2-3-16-14(8-12)20(19(27)24-16)4-6-25(7-5-20)11-17-15(22)9-13(21)10-23-17;20-12-8-14(21)16(22-9-12)10-24-5-3-19(4-6-24)13-7-11(17(25)26)1-2-15(13)23-18(19)27/h2-3,8-10H,4-7,11H2,1H3,(H,24,27);1-2,7-9H,3-6,10H2,(H,23,27)(H,25,26). The van der Waals surface area contributed by atoms with Crippen LogP contribution in [0, 0.1) is 0 Å². The Balaban J connectivity index is 0.000000169. The number of amides is 2. The predicted octanol–water partition coefficient (Wildman–Crippen LogP) is 7.23. The summed E-state index contributed by atoms with van der Waals surface area (Å²) >= 11 is 24.3. The SMILES string of the molecule is COC(=O)c1ccc2c(c1)C1(CCN(Cc3ncc(Cl)cc3Cl)CC1)C(=O)N2.O=C(O)c1ccc2c(c1)C1(CCN(Cc3ncc(Cl)cc3Cl)CC1)C(=O)N2. The molecule has 0 radical (unpaired) electrons. The van der Waals surface area contributed by atoms with Gasteiger partial charge >= 0.3 is 11.9 Å². The molecule has 0 unspecified atom stereocenters. The number of piperidine rings is 2. The van der Waals surface area contributed by atoms with Gasteiger partial charge in [-0.2, -0.15) is 0 Å². The second kappa shape index (κ2) is 15.7. The summed E-state index contributed by atoms with van der Waals surface area (Å²) in [5.74, 6) is -1.46. The van der Waals surface area contributed by atoms with Crippen molar-refractivity contribution >= 4 is 81.5 Å². The molecule has 12 nitrogen and oxygen atoms in total. The van der Waals surface area contributed by atoms with E-state index in [2.05, 4.69) is 30.4 Å². The number of carboxylic acid groups (broad SMARTS) is 1. The average molecular weight is 827 g/mol. The molecule has 6 heterocycles. The molecule has 4 aliphatic rings. The molecule has 2 spiro atoms. The molecule has 0 atom stereocenters. The zero-order valence-corrected chi connectivity index (χ0v) is 32.7. The number of nitrogens with zero attached hydrogens (tertiary/aromatic N) is 4. The van der Waals surface area contributed by atoms with E-state index in [1.165, 1.54) is 13.2 Å². The lowest BCUT2D eigenvalue weighted by Crippen LogP contribution is -2.46. The normalized spacial score (nSPS) is 18.2. The number of ether oxygens (including phenoxy) is 1. The van der Waals surface area contributed by atoms with E-state index in [1.54, 1.807) is 54.9 Å². The van der Waals surface area contributed by atoms with Crippen molar-refractivity contribution in [3.8, 4) is 0 Å². The summed E-state index contributed by atoms with van der Waals surface area (Å²) in [6.07, 6.45) is 5.69. The van der Waals surface area contributed by atoms with Crippen molar-refractivity contribution in [2.24, 2.45) is 0 Å². The summed E-state index contributed by atoms with van der Waals surface area (Å²) in [5, 5.41) is 17.2. The average Bonchev–Trinajstić information content (AvgIpc) is 3.59. The largest absolute Gasteiger partial charge is 0.478 e. The molecule has 0 aliphatic carbocycles. The molecule has 2 saturated heterocycles. The topological polar surface area (TPSA) is 154 Å². The fourth-order valence-corrected chi connectivity index (χ4v) is 8.81. The van der Waals surface area contributed by atoms with E-state index in [1.807, 2.05) is 0 Å². The Morgan fingerprint density at radius 2 is 1.13 bits per heavy atom. The fraction of sp³-hybridized carbons (Fsp3) is 0.333. The Morgan fingerprint density at radius 3 is 1.53 bits per heavy atom. The van der Waals surface area contributed by atoms with Crippen molar-refractivity contribution < 1.29 is 29.0 Å². The molecule has 4 aromatic rings. The van der Waals surface area contributed by atoms with Gasteiger partial charge in [0.05, 0.1) is 60.5 Å². The third kappa shape index (κ3) is 7.64. The smallest absolute Gasteiger partial charge is 0.337 e. The monoisotopic (exact) mass is 824 g/mol. The number of pyridine rings is 2. The van der Waals surface area contributed by atoms with Crippen LogP contribution in [0.15, 0.2) is 60.9 Å². The number of likely N-dealkylation sites (tertiary alicyclic amines) is 2. The summed E-state index contributed by atoms with van der Waals surface area (Å²) in [5.41, 5.74) is 4.03. The second-order valence-corrected chi connectivity index (χ2v) is 15.8. The van der Waals surface area contributed by atoms with Gasteiger partial charge < -0.3 is 20.5 Å². The number of carbonyl (C=O) groups excluding carboxylic acids is 3. The third-order valence-corrected chi connectivity index (χ3v) is 12.1. The van der Waals surface area contributed by atoms with E-state index in [0.29, 0.717) is 83.2 Å². The number of hydrogen-bond acceptors (Lipinski definition) is 9. The minimum atomic E-state index is -0.992. The van der Waals surface area contributed by atoms with Gasteiger partial charge in [0.25, 0.3) is 0 Å². The Labute approximate surface area is 337 Å². The molecule has 286 valence electrons. The summed E-state index contributed by atoms with van der Waals surface area (Å²) in [4.78, 5) is 61.8. The van der Waals surface area contributed by atoms with E-state index in [9.17, 15) is 24.3 Å². The van der Waals surface area contributed by atoms with Crippen LogP contribution in [0.1, 0.15) is 68.9 Å². The highest BCUT2D eigenvalue weighted by molar-refractivity contribution is 6.35. The number of rotatable bonds is 6. The van der Waals surface area contributed by atoms with Crippen molar-refractivity contribution in [1.29, 1.82) is 0 Å². The van der Waals surface area contributed by atoms with Crippen LogP contribution >= 0.6 is 46.4 Å². The molecule has 0 saturated carbocycles. The summed E-state index contributed by atoms with van der Waals surface area (Å²) in [6, 6.07) is 13.4. The minimum Gasteiger partial charge on any atom is -0.478 e. The van der Waals surface area contributed by atoms with Crippen LogP contribution in [0.2, 0.25) is 20.1 Å². The highest BCUT2D eigenvalue weighted by Crippen LogP contribution is 2.47. The van der Waals surface area contributed by atoms with Crippen molar-refractivity contribution in [2.45, 2.75) is 49.6 Å². The Hall–Kier alpha value is -4.30. The van der Waals surface area contributed by atoms with Crippen molar-refractivity contribution in [1.82, 2.24) is 19.8 Å². The van der Waals surface area contributed by atoms with Gasteiger partial charge in [-0.25, -0.2) is 9.59 Å². The van der Waals surface area contributed by atoms with E-state index in [4.69, 9.17) is 51.1 Å². The molecule has 16 heteroatoms. The van der Waals surface area contributed by atoms with Gasteiger partial charge in [-0.05, 0) is 112 Å². The number of halogens is 4. The molecular weight excluding hydrogens is 790 g/mol. The molecule has 55 heavy (non-hydrogen) atoms. The number of fused-ring (bicyclic) bond motifs is 4. The number of carbonyl (C=O) groups is 4. The first-order chi connectivity index (χ1) is 26.3. The lowest BCUT2D eigenvalue weighted by molar-refractivity contribution is -0.123. The van der Waals surface area contributed by atoms with Crippen molar-refractivity contribution in [3.63, 3.8) is 0 Å². The summed E-state index contributed by atoms with van der Waals surface area (Å²) in [7, 11) is 1.35. The third-order valence-electron chi connectivity index (χ3n) is 11.0. The number of nitrogens with one attached hydrogen (secondary N) is 2. The molecule has 4 aliphatic heterocycles. The maximum atomic E-state index is 12.8. The van der Waals surface area contributed by atoms with Crippen LogP contribution in [0.5, 0.6) is 0 Å². The first-order valence-electron chi connectivity index (χ1n) is 17.6. The van der Waals surface area contributed by atoms with Gasteiger partial charge in [0.1, 0.15) is 0 Å². The Kier molecular flexibility index (Phi) is 11.1. The van der Waals surface area contributed by atoms with Crippen LogP contribution in [-0.2, 0) is 38.2 Å². The molecule has 3 N–H and O–H groups in total. The van der Waals surface area contributed by atoms with Crippen molar-refractivity contribution in [3.05, 3.63) is 115 Å². The van der Waals surface area contributed by atoms with Gasteiger partial charge in [-0.15, -0.1) is 0 Å². The highest BCUT2D eigenvalue weighted by Gasteiger charge is 2.50. The number of methoxy groups -OCH3 is 1. The first kappa shape index (κ1) is 39.0. The number of esters is 1. The zero-order valence-electron chi connectivity index (χ0n) is 29.6. The van der Waals surface area contributed by atoms with E-state index < -0.39 is 22.8 Å².